The van der Waals surface area contributed by atoms with E-state index in [1.807, 2.05) is 36.4 Å². The summed E-state index contributed by atoms with van der Waals surface area (Å²) < 4.78 is 5.52. The first-order valence-corrected chi connectivity index (χ1v) is 13.3. The van der Waals surface area contributed by atoms with Gasteiger partial charge in [-0.25, -0.2) is 5.43 Å². The van der Waals surface area contributed by atoms with Crippen LogP contribution in [0.2, 0.25) is 10.0 Å². The maximum absolute atomic E-state index is 12.4. The maximum Gasteiger partial charge on any atom is 0.271 e. The van der Waals surface area contributed by atoms with Crippen molar-refractivity contribution in [1.29, 1.82) is 0 Å². The molecule has 4 aromatic carbocycles. The third-order valence-electron chi connectivity index (χ3n) is 5.17. The monoisotopic (exact) mass is 563 g/mol. The molecule has 4 rings (SSSR count). The van der Waals surface area contributed by atoms with Gasteiger partial charge in [0.05, 0.1) is 6.21 Å². The second kappa shape index (κ2) is 13.7. The van der Waals surface area contributed by atoms with Crippen molar-refractivity contribution in [2.75, 3.05) is 11.9 Å². The summed E-state index contributed by atoms with van der Waals surface area (Å²) >= 11 is 13.5. The Hall–Kier alpha value is -3.78. The minimum Gasteiger partial charge on any atom is -0.484 e. The number of rotatable bonds is 10. The van der Waals surface area contributed by atoms with Gasteiger partial charge in [0.15, 0.2) is 6.61 Å². The van der Waals surface area contributed by atoms with Crippen LogP contribution in [0.3, 0.4) is 0 Å². The van der Waals surface area contributed by atoms with Crippen LogP contribution in [0.1, 0.15) is 21.5 Å². The van der Waals surface area contributed by atoms with Gasteiger partial charge in [0.1, 0.15) is 5.75 Å². The van der Waals surface area contributed by atoms with Crippen molar-refractivity contribution >= 4 is 58.7 Å². The second-order valence-electron chi connectivity index (χ2n) is 8.05. The predicted octanol–water partition coefficient (Wildman–Crippen LogP) is 7.07. The summed E-state index contributed by atoms with van der Waals surface area (Å²) in [5.41, 5.74) is 5.51. The van der Waals surface area contributed by atoms with Crippen molar-refractivity contribution in [2.24, 2.45) is 5.10 Å². The molecule has 0 spiro atoms. The van der Waals surface area contributed by atoms with Crippen molar-refractivity contribution in [3.8, 4) is 5.75 Å². The van der Waals surface area contributed by atoms with Gasteiger partial charge >= 0.3 is 0 Å². The number of nitrogens with one attached hydrogen (secondary N) is 2. The number of thioether (sulfide) groups is 1. The topological polar surface area (TPSA) is 79.8 Å². The highest BCUT2D eigenvalue weighted by Gasteiger charge is 2.06. The highest BCUT2D eigenvalue weighted by molar-refractivity contribution is 7.98. The molecule has 192 valence electrons. The zero-order chi connectivity index (χ0) is 26.7. The number of nitrogens with zero attached hydrogens (tertiary/aromatic N) is 1. The van der Waals surface area contributed by atoms with Crippen LogP contribution in [0, 0.1) is 0 Å². The first-order valence-electron chi connectivity index (χ1n) is 11.5. The van der Waals surface area contributed by atoms with E-state index in [1.54, 1.807) is 72.4 Å². The fourth-order valence-electron chi connectivity index (χ4n) is 3.24. The Labute approximate surface area is 235 Å². The quantitative estimate of drug-likeness (QED) is 0.123. The molecule has 0 bridgehead atoms. The summed E-state index contributed by atoms with van der Waals surface area (Å²) in [7, 11) is 0. The number of hydrazone groups is 1. The van der Waals surface area contributed by atoms with Gasteiger partial charge in [-0.1, -0.05) is 41.4 Å². The fraction of sp³-hybridized carbons (Fsp3) is 0.0690. The standard InChI is InChI=1S/C29H23Cl2N3O3S/c30-23-10-14-27(15-11-23)38-19-21-4-8-22(9-5-21)29(36)34-32-17-20-6-12-26(13-7-20)37-18-28(35)33-25-3-1-2-24(31)16-25/h1-17H,18-19H2,(H,33,35)(H,34,36)/b32-17-. The van der Waals surface area contributed by atoms with Crippen LogP contribution in [-0.4, -0.2) is 24.6 Å². The van der Waals surface area contributed by atoms with Gasteiger partial charge in [0.2, 0.25) is 0 Å². The van der Waals surface area contributed by atoms with E-state index in [9.17, 15) is 9.59 Å². The van der Waals surface area contributed by atoms with Gasteiger partial charge in [-0.2, -0.15) is 5.10 Å². The van der Waals surface area contributed by atoms with E-state index in [0.29, 0.717) is 27.0 Å². The second-order valence-corrected chi connectivity index (χ2v) is 9.98. The molecule has 0 atom stereocenters. The molecule has 9 heteroatoms. The third-order valence-corrected chi connectivity index (χ3v) is 6.74. The number of carbonyl (C=O) groups excluding carboxylic acids is 2. The van der Waals surface area contributed by atoms with Crippen molar-refractivity contribution in [2.45, 2.75) is 10.6 Å². The molecule has 0 fully saturated rings. The van der Waals surface area contributed by atoms with Crippen LogP contribution in [-0.2, 0) is 10.5 Å². The number of ether oxygens (including phenoxy) is 1. The number of hydrogen-bond donors (Lipinski definition) is 2. The lowest BCUT2D eigenvalue weighted by molar-refractivity contribution is -0.118. The summed E-state index contributed by atoms with van der Waals surface area (Å²) in [5, 5.41) is 8.00. The average molecular weight is 564 g/mol. The molecule has 6 nitrogen and oxygen atoms in total. The molecule has 0 saturated carbocycles. The lowest BCUT2D eigenvalue weighted by Crippen LogP contribution is -2.20. The number of anilines is 1. The van der Waals surface area contributed by atoms with Crippen LogP contribution in [0.15, 0.2) is 107 Å². The molecule has 2 amide bonds. The smallest absolute Gasteiger partial charge is 0.271 e. The van der Waals surface area contributed by atoms with E-state index >= 15 is 0 Å². The normalized spacial score (nSPS) is 10.8. The van der Waals surface area contributed by atoms with Gasteiger partial charge in [0, 0.05) is 31.9 Å². The molecule has 4 aromatic rings. The lowest BCUT2D eigenvalue weighted by Gasteiger charge is -2.08. The van der Waals surface area contributed by atoms with Crippen LogP contribution >= 0.6 is 35.0 Å². The lowest BCUT2D eigenvalue weighted by atomic mass is 10.1. The minimum absolute atomic E-state index is 0.144. The Bertz CT molecular complexity index is 1410. The van der Waals surface area contributed by atoms with Crippen molar-refractivity contribution in [3.63, 3.8) is 0 Å². The van der Waals surface area contributed by atoms with E-state index in [-0.39, 0.29) is 18.4 Å². The van der Waals surface area contributed by atoms with Crippen molar-refractivity contribution in [1.82, 2.24) is 5.43 Å². The Balaban J connectivity index is 1.20. The molecule has 0 radical (unpaired) electrons. The van der Waals surface area contributed by atoms with Crippen molar-refractivity contribution in [3.05, 3.63) is 124 Å². The van der Waals surface area contributed by atoms with Crippen LogP contribution < -0.4 is 15.5 Å². The van der Waals surface area contributed by atoms with E-state index in [4.69, 9.17) is 27.9 Å². The Morgan fingerprint density at radius 3 is 2.32 bits per heavy atom. The predicted molar refractivity (Wildman–Crippen MR) is 155 cm³/mol. The molecule has 0 unspecified atom stereocenters. The highest BCUT2D eigenvalue weighted by Crippen LogP contribution is 2.24. The first kappa shape index (κ1) is 27.3. The van der Waals surface area contributed by atoms with Crippen LogP contribution in [0.4, 0.5) is 5.69 Å². The fourth-order valence-corrected chi connectivity index (χ4v) is 4.41. The summed E-state index contributed by atoms with van der Waals surface area (Å²) in [6.45, 7) is -0.144. The maximum atomic E-state index is 12.4. The molecule has 0 aliphatic carbocycles. The molecule has 0 heterocycles. The molecule has 0 aliphatic heterocycles. The summed E-state index contributed by atoms with van der Waals surface area (Å²) in [5.74, 6) is 0.716. The molecule has 0 aromatic heterocycles. The molecule has 38 heavy (non-hydrogen) atoms. The van der Waals surface area contributed by atoms with Gasteiger partial charge in [0.25, 0.3) is 11.8 Å². The van der Waals surface area contributed by atoms with E-state index in [1.165, 1.54) is 6.21 Å². The largest absolute Gasteiger partial charge is 0.484 e. The molecular weight excluding hydrogens is 541 g/mol. The summed E-state index contributed by atoms with van der Waals surface area (Å²) in [4.78, 5) is 25.6. The zero-order valence-electron chi connectivity index (χ0n) is 20.1. The van der Waals surface area contributed by atoms with E-state index < -0.39 is 0 Å². The number of benzene rings is 4. The van der Waals surface area contributed by atoms with Crippen molar-refractivity contribution < 1.29 is 14.3 Å². The number of hydrogen-bond acceptors (Lipinski definition) is 5. The SMILES string of the molecule is O=C(COc1ccc(/C=N\NC(=O)c2ccc(CSc3ccc(Cl)cc3)cc2)cc1)Nc1cccc(Cl)c1. The highest BCUT2D eigenvalue weighted by atomic mass is 35.5. The first-order chi connectivity index (χ1) is 18.4. The van der Waals surface area contributed by atoms with Crippen LogP contribution in [0.5, 0.6) is 5.75 Å². The van der Waals surface area contributed by atoms with Gasteiger partial charge in [-0.15, -0.1) is 11.8 Å². The van der Waals surface area contributed by atoms with Crippen LogP contribution in [0.25, 0.3) is 0 Å². The Kier molecular flexibility index (Phi) is 9.81. The average Bonchev–Trinajstić information content (AvgIpc) is 2.92. The Morgan fingerprint density at radius 2 is 1.61 bits per heavy atom. The van der Waals surface area contributed by atoms with Gasteiger partial charge in [-0.3, -0.25) is 9.59 Å². The minimum atomic E-state index is -0.302. The molecular formula is C29H23Cl2N3O3S. The number of halogens is 2. The summed E-state index contributed by atoms with van der Waals surface area (Å²) in [6, 6.07) is 29.0. The Morgan fingerprint density at radius 1 is 0.868 bits per heavy atom. The molecule has 0 aliphatic rings. The van der Waals surface area contributed by atoms with E-state index in [2.05, 4.69) is 15.8 Å². The number of amides is 2. The third kappa shape index (κ3) is 8.66. The summed E-state index contributed by atoms with van der Waals surface area (Å²) in [6.07, 6.45) is 1.53. The molecule has 2 N–H and O–H groups in total. The van der Waals surface area contributed by atoms with Gasteiger partial charge < -0.3 is 10.1 Å². The molecule has 0 saturated heterocycles. The van der Waals surface area contributed by atoms with Gasteiger partial charge in [-0.05, 0) is 90.0 Å². The zero-order valence-corrected chi connectivity index (χ0v) is 22.4. The van der Waals surface area contributed by atoms with E-state index in [0.717, 1.165) is 21.8 Å². The number of carbonyl (C=O) groups is 2.